The van der Waals surface area contributed by atoms with Gasteiger partial charge in [0.2, 0.25) is 0 Å². The number of hydrogen-bond donors (Lipinski definition) is 2. The van der Waals surface area contributed by atoms with Crippen molar-refractivity contribution in [3.05, 3.63) is 29.8 Å². The van der Waals surface area contributed by atoms with Crippen molar-refractivity contribution in [3.8, 4) is 0 Å². The number of β-amino-alcohol motifs (C(OH)–C–C–N with tert-alkyl or cyclic N) is 1. The van der Waals surface area contributed by atoms with Crippen molar-refractivity contribution in [2.75, 3.05) is 25.4 Å². The minimum atomic E-state index is -3.37. The van der Waals surface area contributed by atoms with Gasteiger partial charge in [0.15, 0.2) is 9.84 Å². The third-order valence-corrected chi connectivity index (χ3v) is 5.56. The van der Waals surface area contributed by atoms with Crippen LogP contribution in [-0.4, -0.2) is 54.9 Å². The van der Waals surface area contributed by atoms with E-state index in [1.165, 1.54) is 6.07 Å². The molecule has 1 unspecified atom stereocenters. The van der Waals surface area contributed by atoms with Crippen molar-refractivity contribution < 1.29 is 13.5 Å². The third-order valence-electron chi connectivity index (χ3n) is 3.63. The van der Waals surface area contributed by atoms with E-state index in [1.54, 1.807) is 18.2 Å². The van der Waals surface area contributed by atoms with Crippen molar-refractivity contribution in [1.29, 1.82) is 0 Å². The van der Waals surface area contributed by atoms with E-state index in [2.05, 4.69) is 0 Å². The zero-order valence-corrected chi connectivity index (χ0v) is 13.4. The number of sulfone groups is 1. The molecule has 1 saturated heterocycles. The van der Waals surface area contributed by atoms with Crippen molar-refractivity contribution in [2.24, 2.45) is 5.73 Å². The number of rotatable bonds is 5. The highest BCUT2D eigenvalue weighted by Crippen LogP contribution is 2.15. The maximum Gasteiger partial charge on any atom is 0.179 e. The van der Waals surface area contributed by atoms with E-state index in [1.807, 2.05) is 4.90 Å². The van der Waals surface area contributed by atoms with Crippen LogP contribution in [0, 0.1) is 0 Å². The van der Waals surface area contributed by atoms with E-state index in [4.69, 9.17) is 18.0 Å². The Morgan fingerprint density at radius 3 is 2.90 bits per heavy atom. The molecule has 2 rings (SSSR count). The van der Waals surface area contributed by atoms with Crippen LogP contribution in [0.2, 0.25) is 0 Å². The summed E-state index contributed by atoms with van der Waals surface area (Å²) in [5.41, 5.74) is 6.09. The van der Waals surface area contributed by atoms with Gasteiger partial charge in [-0.3, -0.25) is 4.90 Å². The molecule has 1 aliphatic rings. The largest absolute Gasteiger partial charge is 0.392 e. The van der Waals surface area contributed by atoms with Gasteiger partial charge in [0.05, 0.1) is 16.8 Å². The molecule has 1 atom stereocenters. The van der Waals surface area contributed by atoms with Crippen LogP contribution in [0.4, 0.5) is 0 Å². The molecule has 3 N–H and O–H groups in total. The van der Waals surface area contributed by atoms with Gasteiger partial charge in [0.1, 0.15) is 4.99 Å². The summed E-state index contributed by atoms with van der Waals surface area (Å²) in [6, 6.07) is 6.42. The number of nitrogens with zero attached hydrogens (tertiary/aromatic N) is 1. The number of aliphatic hydroxyl groups is 1. The van der Waals surface area contributed by atoms with Crippen molar-refractivity contribution in [2.45, 2.75) is 23.8 Å². The molecule has 1 fully saturated rings. The summed E-state index contributed by atoms with van der Waals surface area (Å²) >= 11 is 4.87. The molecule has 5 nitrogen and oxygen atoms in total. The molecule has 0 amide bonds. The second-order valence-electron chi connectivity index (χ2n) is 5.31. The fourth-order valence-electron chi connectivity index (χ4n) is 2.44. The summed E-state index contributed by atoms with van der Waals surface area (Å²) < 4.78 is 24.7. The van der Waals surface area contributed by atoms with E-state index in [0.717, 1.165) is 19.4 Å². The zero-order valence-electron chi connectivity index (χ0n) is 11.7. The Hall–Kier alpha value is -1.02. The molecule has 0 saturated carbocycles. The number of aliphatic hydroxyl groups excluding tert-OH is 1. The predicted molar refractivity (Wildman–Crippen MR) is 86.1 cm³/mol. The Morgan fingerprint density at radius 2 is 2.24 bits per heavy atom. The smallest absolute Gasteiger partial charge is 0.179 e. The van der Waals surface area contributed by atoms with E-state index < -0.39 is 9.84 Å². The van der Waals surface area contributed by atoms with Gasteiger partial charge in [-0.1, -0.05) is 24.4 Å². The van der Waals surface area contributed by atoms with E-state index in [9.17, 15) is 13.5 Å². The minimum absolute atomic E-state index is 0.0283. The lowest BCUT2D eigenvalue weighted by Gasteiger charge is -2.29. The molecule has 0 spiro atoms. The number of likely N-dealkylation sites (tertiary alicyclic amines) is 1. The molecule has 1 aliphatic heterocycles. The Labute approximate surface area is 130 Å². The molecule has 1 heterocycles. The highest BCUT2D eigenvalue weighted by molar-refractivity contribution is 7.91. The summed E-state index contributed by atoms with van der Waals surface area (Å²) in [4.78, 5) is 2.42. The number of thiocarbonyl (C=S) groups is 1. The van der Waals surface area contributed by atoms with Gasteiger partial charge in [-0.2, -0.15) is 0 Å². The lowest BCUT2D eigenvalue weighted by Crippen LogP contribution is -2.40. The van der Waals surface area contributed by atoms with Crippen LogP contribution in [0.1, 0.15) is 18.4 Å². The SMILES string of the molecule is NC(=S)c1cccc(S(=O)(=O)CCN2CCCC(O)C2)c1. The molecule has 0 aliphatic carbocycles. The maximum absolute atomic E-state index is 12.4. The zero-order chi connectivity index (χ0) is 15.5. The van der Waals surface area contributed by atoms with Crippen molar-refractivity contribution in [3.63, 3.8) is 0 Å². The lowest BCUT2D eigenvalue weighted by molar-refractivity contribution is 0.0741. The predicted octanol–water partition coefficient (Wildman–Crippen LogP) is 0.551. The Morgan fingerprint density at radius 1 is 1.48 bits per heavy atom. The first kappa shape index (κ1) is 16.4. The third kappa shape index (κ3) is 4.47. The van der Waals surface area contributed by atoms with E-state index in [0.29, 0.717) is 18.7 Å². The number of hydrogen-bond acceptors (Lipinski definition) is 5. The molecule has 1 aromatic carbocycles. The second kappa shape index (κ2) is 6.83. The van der Waals surface area contributed by atoms with Crippen LogP contribution < -0.4 is 5.73 Å². The first-order valence-corrected chi connectivity index (χ1v) is 8.97. The van der Waals surface area contributed by atoms with Crippen LogP contribution in [0.5, 0.6) is 0 Å². The summed E-state index contributed by atoms with van der Waals surface area (Å²) in [5.74, 6) is 0.0283. The summed E-state index contributed by atoms with van der Waals surface area (Å²) in [5, 5.41) is 9.60. The quantitative estimate of drug-likeness (QED) is 0.768. The number of piperidine rings is 1. The van der Waals surface area contributed by atoms with E-state index >= 15 is 0 Å². The van der Waals surface area contributed by atoms with Crippen LogP contribution >= 0.6 is 12.2 Å². The standard InChI is InChI=1S/C14H20N2O3S2/c15-14(20)11-3-1-5-13(9-11)21(18,19)8-7-16-6-2-4-12(17)10-16/h1,3,5,9,12,17H,2,4,6-8,10H2,(H2,15,20). The van der Waals surface area contributed by atoms with Gasteiger partial charge < -0.3 is 10.8 Å². The highest BCUT2D eigenvalue weighted by atomic mass is 32.2. The molecule has 116 valence electrons. The minimum Gasteiger partial charge on any atom is -0.392 e. The van der Waals surface area contributed by atoms with Gasteiger partial charge in [-0.25, -0.2) is 8.42 Å². The summed E-state index contributed by atoms with van der Waals surface area (Å²) in [7, 11) is -3.37. The summed E-state index contributed by atoms with van der Waals surface area (Å²) in [6.45, 7) is 1.80. The van der Waals surface area contributed by atoms with E-state index in [-0.39, 0.29) is 21.7 Å². The Kier molecular flexibility index (Phi) is 5.32. The molecule has 0 radical (unpaired) electrons. The van der Waals surface area contributed by atoms with Crippen molar-refractivity contribution >= 4 is 27.0 Å². The summed E-state index contributed by atoms with van der Waals surface area (Å²) in [6.07, 6.45) is 1.34. The normalized spacial score (nSPS) is 20.3. The maximum atomic E-state index is 12.4. The lowest BCUT2D eigenvalue weighted by atomic mass is 10.1. The molecule has 0 bridgehead atoms. The van der Waals surface area contributed by atoms with Crippen molar-refractivity contribution in [1.82, 2.24) is 4.90 Å². The molecular weight excluding hydrogens is 308 g/mol. The first-order chi connectivity index (χ1) is 9.88. The second-order valence-corrected chi connectivity index (χ2v) is 7.86. The topological polar surface area (TPSA) is 83.6 Å². The number of benzene rings is 1. The first-order valence-electron chi connectivity index (χ1n) is 6.91. The molecule has 7 heteroatoms. The highest BCUT2D eigenvalue weighted by Gasteiger charge is 2.21. The average molecular weight is 328 g/mol. The molecule has 0 aromatic heterocycles. The molecular formula is C14H20N2O3S2. The van der Waals surface area contributed by atoms with Crippen LogP contribution in [0.3, 0.4) is 0 Å². The van der Waals surface area contributed by atoms with Gasteiger partial charge >= 0.3 is 0 Å². The van der Waals surface area contributed by atoms with Crippen LogP contribution in [0.25, 0.3) is 0 Å². The fourth-order valence-corrected chi connectivity index (χ4v) is 3.90. The van der Waals surface area contributed by atoms with Gasteiger partial charge in [0.25, 0.3) is 0 Å². The van der Waals surface area contributed by atoms with Gasteiger partial charge in [0, 0.05) is 18.7 Å². The monoisotopic (exact) mass is 328 g/mol. The fraction of sp³-hybridized carbons (Fsp3) is 0.500. The van der Waals surface area contributed by atoms with Gasteiger partial charge in [-0.05, 0) is 31.5 Å². The Bertz CT molecular complexity index is 616. The van der Waals surface area contributed by atoms with Crippen LogP contribution in [0.15, 0.2) is 29.2 Å². The number of nitrogens with two attached hydrogens (primary N) is 1. The molecule has 1 aromatic rings. The average Bonchev–Trinajstić information content (AvgIpc) is 2.45. The van der Waals surface area contributed by atoms with Crippen LogP contribution in [-0.2, 0) is 9.84 Å². The van der Waals surface area contributed by atoms with Gasteiger partial charge in [-0.15, -0.1) is 0 Å². The molecule has 21 heavy (non-hydrogen) atoms. The Balaban J connectivity index is 2.04.